The third-order valence-corrected chi connectivity index (χ3v) is 2.86. The highest BCUT2D eigenvalue weighted by molar-refractivity contribution is 9.10. The smallest absolute Gasteiger partial charge is 0.226 e. The number of carbonyl (C=O) groups excluding carboxylic acids is 1. The molecular weight excluding hydrogens is 254 g/mol. The Morgan fingerprint density at radius 2 is 1.93 bits per heavy atom. The van der Waals surface area contributed by atoms with Crippen LogP contribution in [0.5, 0.6) is 0 Å². The van der Waals surface area contributed by atoms with E-state index in [9.17, 15) is 4.79 Å². The van der Waals surface area contributed by atoms with E-state index in [2.05, 4.69) is 22.9 Å². The van der Waals surface area contributed by atoms with Crippen molar-refractivity contribution in [3.8, 4) is 0 Å². The number of hydrogen-bond donors (Lipinski definition) is 0. The maximum absolute atomic E-state index is 11.7. The highest BCUT2D eigenvalue weighted by atomic mass is 79.9. The van der Waals surface area contributed by atoms with E-state index in [1.165, 1.54) is 0 Å². The molecule has 0 bridgehead atoms. The summed E-state index contributed by atoms with van der Waals surface area (Å²) in [6, 6.07) is 7.76. The van der Waals surface area contributed by atoms with Gasteiger partial charge in [-0.25, -0.2) is 0 Å². The van der Waals surface area contributed by atoms with Crippen LogP contribution < -0.4 is 4.90 Å². The second-order valence-electron chi connectivity index (χ2n) is 3.53. The Balaban J connectivity index is 2.63. The molecule has 0 heterocycles. The van der Waals surface area contributed by atoms with E-state index < -0.39 is 0 Å². The molecule has 0 aromatic heterocycles. The average molecular weight is 270 g/mol. The normalized spacial score (nSPS) is 10.1. The van der Waals surface area contributed by atoms with Crippen molar-refractivity contribution in [1.29, 1.82) is 0 Å². The minimum Gasteiger partial charge on any atom is -0.316 e. The molecule has 0 saturated carbocycles. The third-order valence-electron chi connectivity index (χ3n) is 2.33. The molecule has 3 heteroatoms. The molecule has 2 nitrogen and oxygen atoms in total. The summed E-state index contributed by atoms with van der Waals surface area (Å²) < 4.78 is 1.03. The van der Waals surface area contributed by atoms with Gasteiger partial charge in [-0.15, -0.1) is 0 Å². The van der Waals surface area contributed by atoms with Crippen LogP contribution in [0.1, 0.15) is 26.2 Å². The highest BCUT2D eigenvalue weighted by Gasteiger charge is 2.09. The second kappa shape index (κ2) is 5.91. The number of amides is 1. The van der Waals surface area contributed by atoms with Gasteiger partial charge in [0.1, 0.15) is 0 Å². The Hall–Kier alpha value is -0.830. The lowest BCUT2D eigenvalue weighted by molar-refractivity contribution is -0.118. The summed E-state index contributed by atoms with van der Waals surface area (Å²) in [5, 5.41) is 0. The molecule has 0 spiro atoms. The summed E-state index contributed by atoms with van der Waals surface area (Å²) >= 11 is 3.37. The zero-order valence-electron chi connectivity index (χ0n) is 9.16. The van der Waals surface area contributed by atoms with Crippen LogP contribution in [0.4, 0.5) is 5.69 Å². The minimum absolute atomic E-state index is 0.180. The van der Waals surface area contributed by atoms with E-state index >= 15 is 0 Å². The predicted octanol–water partition coefficient (Wildman–Crippen LogP) is 3.60. The molecule has 0 aliphatic heterocycles. The first-order valence-electron chi connectivity index (χ1n) is 5.17. The molecule has 0 aliphatic rings. The van der Waals surface area contributed by atoms with E-state index in [1.807, 2.05) is 31.3 Å². The van der Waals surface area contributed by atoms with Gasteiger partial charge >= 0.3 is 0 Å². The Kier molecular flexibility index (Phi) is 4.82. The minimum atomic E-state index is 0.180. The van der Waals surface area contributed by atoms with Crippen LogP contribution in [-0.4, -0.2) is 13.0 Å². The lowest BCUT2D eigenvalue weighted by Crippen LogP contribution is -2.25. The number of halogens is 1. The standard InChI is InChI=1S/C12H16BrNO/c1-3-4-5-12(15)14(2)11-8-6-10(13)7-9-11/h6-9H,3-5H2,1-2H3. The number of unbranched alkanes of at least 4 members (excludes halogenated alkanes) is 1. The van der Waals surface area contributed by atoms with Crippen molar-refractivity contribution in [3.63, 3.8) is 0 Å². The van der Waals surface area contributed by atoms with Crippen molar-refractivity contribution in [2.75, 3.05) is 11.9 Å². The van der Waals surface area contributed by atoms with E-state index in [4.69, 9.17) is 0 Å². The summed E-state index contributed by atoms with van der Waals surface area (Å²) in [6.45, 7) is 2.09. The van der Waals surface area contributed by atoms with Crippen molar-refractivity contribution < 1.29 is 4.79 Å². The summed E-state index contributed by atoms with van der Waals surface area (Å²) in [5.41, 5.74) is 0.944. The van der Waals surface area contributed by atoms with Crippen molar-refractivity contribution >= 4 is 27.5 Å². The van der Waals surface area contributed by atoms with Crippen LogP contribution >= 0.6 is 15.9 Å². The Labute approximate surface area is 99.4 Å². The third kappa shape index (κ3) is 3.67. The van der Waals surface area contributed by atoms with Gasteiger partial charge in [-0.1, -0.05) is 29.3 Å². The molecule has 1 aromatic carbocycles. The fraction of sp³-hybridized carbons (Fsp3) is 0.417. The lowest BCUT2D eigenvalue weighted by Gasteiger charge is -2.17. The van der Waals surface area contributed by atoms with Crippen LogP contribution in [0.15, 0.2) is 28.7 Å². The van der Waals surface area contributed by atoms with Crippen molar-refractivity contribution in [1.82, 2.24) is 0 Å². The van der Waals surface area contributed by atoms with Crippen LogP contribution in [0.25, 0.3) is 0 Å². The monoisotopic (exact) mass is 269 g/mol. The van der Waals surface area contributed by atoms with Gasteiger partial charge in [-0.05, 0) is 30.7 Å². The molecule has 1 amide bonds. The Morgan fingerprint density at radius 3 is 2.47 bits per heavy atom. The molecule has 0 unspecified atom stereocenters. The number of hydrogen-bond acceptors (Lipinski definition) is 1. The van der Waals surface area contributed by atoms with Gasteiger partial charge in [0.15, 0.2) is 0 Å². The van der Waals surface area contributed by atoms with E-state index in [1.54, 1.807) is 4.90 Å². The Morgan fingerprint density at radius 1 is 1.33 bits per heavy atom. The number of anilines is 1. The fourth-order valence-electron chi connectivity index (χ4n) is 1.30. The first-order chi connectivity index (χ1) is 7.15. The maximum Gasteiger partial charge on any atom is 0.226 e. The van der Waals surface area contributed by atoms with Crippen molar-refractivity contribution in [3.05, 3.63) is 28.7 Å². The van der Waals surface area contributed by atoms with Crippen LogP contribution in [0.2, 0.25) is 0 Å². The van der Waals surface area contributed by atoms with Crippen molar-refractivity contribution in [2.24, 2.45) is 0 Å². The second-order valence-corrected chi connectivity index (χ2v) is 4.45. The highest BCUT2D eigenvalue weighted by Crippen LogP contribution is 2.18. The number of benzene rings is 1. The molecule has 82 valence electrons. The van der Waals surface area contributed by atoms with Gasteiger partial charge in [0.05, 0.1) is 0 Å². The van der Waals surface area contributed by atoms with Gasteiger partial charge in [0, 0.05) is 23.6 Å². The van der Waals surface area contributed by atoms with Crippen LogP contribution in [0.3, 0.4) is 0 Å². The van der Waals surface area contributed by atoms with Gasteiger partial charge in [-0.3, -0.25) is 4.79 Å². The van der Waals surface area contributed by atoms with Crippen LogP contribution in [-0.2, 0) is 4.79 Å². The molecule has 0 saturated heterocycles. The summed E-state index contributed by atoms with van der Waals surface area (Å²) in [7, 11) is 1.82. The first-order valence-corrected chi connectivity index (χ1v) is 5.96. The van der Waals surface area contributed by atoms with Crippen LogP contribution in [0, 0.1) is 0 Å². The van der Waals surface area contributed by atoms with Gasteiger partial charge in [-0.2, -0.15) is 0 Å². The molecule has 15 heavy (non-hydrogen) atoms. The molecule has 0 radical (unpaired) electrons. The van der Waals surface area contributed by atoms with E-state index in [0.717, 1.165) is 23.0 Å². The van der Waals surface area contributed by atoms with Gasteiger partial charge in [0.25, 0.3) is 0 Å². The van der Waals surface area contributed by atoms with E-state index in [-0.39, 0.29) is 5.91 Å². The molecule has 0 aliphatic carbocycles. The topological polar surface area (TPSA) is 20.3 Å². The predicted molar refractivity (Wildman–Crippen MR) is 67.1 cm³/mol. The lowest BCUT2D eigenvalue weighted by atomic mass is 10.2. The SMILES string of the molecule is CCCCC(=O)N(C)c1ccc(Br)cc1. The molecule has 0 atom stereocenters. The van der Waals surface area contributed by atoms with Gasteiger partial charge in [0.2, 0.25) is 5.91 Å². The number of rotatable bonds is 4. The molecule has 0 N–H and O–H groups in total. The number of carbonyl (C=O) groups is 1. The zero-order chi connectivity index (χ0) is 11.3. The summed E-state index contributed by atoms with van der Waals surface area (Å²) in [6.07, 6.45) is 2.64. The average Bonchev–Trinajstić information content (AvgIpc) is 2.26. The number of nitrogens with zero attached hydrogens (tertiary/aromatic N) is 1. The first kappa shape index (κ1) is 12.2. The Bertz CT molecular complexity index is 321. The maximum atomic E-state index is 11.7. The fourth-order valence-corrected chi connectivity index (χ4v) is 1.57. The molecule has 0 fully saturated rings. The quantitative estimate of drug-likeness (QED) is 0.818. The summed E-state index contributed by atoms with van der Waals surface area (Å²) in [5.74, 6) is 0.180. The molecular formula is C12H16BrNO. The molecule has 1 aromatic rings. The van der Waals surface area contributed by atoms with Crippen molar-refractivity contribution in [2.45, 2.75) is 26.2 Å². The van der Waals surface area contributed by atoms with E-state index in [0.29, 0.717) is 6.42 Å². The van der Waals surface area contributed by atoms with Gasteiger partial charge < -0.3 is 4.90 Å². The largest absolute Gasteiger partial charge is 0.316 e. The summed E-state index contributed by atoms with van der Waals surface area (Å²) in [4.78, 5) is 13.4. The molecule has 1 rings (SSSR count). The zero-order valence-corrected chi connectivity index (χ0v) is 10.8.